The van der Waals surface area contributed by atoms with Crippen LogP contribution in [-0.2, 0) is 4.79 Å². The van der Waals surface area contributed by atoms with Gasteiger partial charge in [0, 0.05) is 32.2 Å². The van der Waals surface area contributed by atoms with Crippen LogP contribution in [0.15, 0.2) is 77.3 Å². The van der Waals surface area contributed by atoms with E-state index in [1.807, 2.05) is 72.8 Å². The Bertz CT molecular complexity index is 1560. The first-order valence-corrected chi connectivity index (χ1v) is 12.8. The van der Waals surface area contributed by atoms with Crippen LogP contribution in [0.5, 0.6) is 0 Å². The molecule has 9 heteroatoms. The quantitative estimate of drug-likeness (QED) is 0.270. The maximum Gasteiger partial charge on any atom is 0.241 e. The number of benzene rings is 3. The molecule has 0 radical (unpaired) electrons. The summed E-state index contributed by atoms with van der Waals surface area (Å²) in [5, 5.41) is 25.4. The Kier molecular flexibility index (Phi) is 6.08. The smallest absolute Gasteiger partial charge is 0.241 e. The number of piperidine rings is 1. The number of rotatable bonds is 5. The minimum Gasteiger partial charge on any atom is -0.338 e. The zero-order valence-corrected chi connectivity index (χ0v) is 21.0. The van der Waals surface area contributed by atoms with E-state index in [-0.39, 0.29) is 11.9 Å². The highest BCUT2D eigenvalue weighted by atomic mass is 79.9. The average molecular weight is 542 g/mol. The lowest BCUT2D eigenvalue weighted by Gasteiger charge is -2.22. The highest BCUT2D eigenvalue weighted by molar-refractivity contribution is 9.10. The van der Waals surface area contributed by atoms with E-state index in [4.69, 9.17) is 5.10 Å². The normalized spacial score (nSPS) is 15.8. The Morgan fingerprint density at radius 3 is 2.44 bits per heavy atom. The minimum absolute atomic E-state index is 0.0146. The van der Waals surface area contributed by atoms with Gasteiger partial charge in [-0.2, -0.15) is 4.52 Å². The second-order valence-corrected chi connectivity index (χ2v) is 9.68. The number of aromatic nitrogens is 4. The Morgan fingerprint density at radius 2 is 1.67 bits per heavy atom. The number of amides is 1. The van der Waals surface area contributed by atoms with Gasteiger partial charge in [-0.25, -0.2) is 0 Å². The van der Waals surface area contributed by atoms with Crippen LogP contribution >= 0.6 is 15.9 Å². The van der Waals surface area contributed by atoms with Gasteiger partial charge in [-0.05, 0) is 55.8 Å². The third kappa shape index (κ3) is 4.31. The molecule has 3 aromatic carbocycles. The van der Waals surface area contributed by atoms with Crippen molar-refractivity contribution in [1.29, 1.82) is 0 Å². The monoisotopic (exact) mass is 541 g/mol. The summed E-state index contributed by atoms with van der Waals surface area (Å²) in [7, 11) is 0. The molecule has 0 aliphatic carbocycles. The number of hydrogen-bond acceptors (Lipinski definition) is 6. The summed E-state index contributed by atoms with van der Waals surface area (Å²) in [4.78, 5) is 12.5. The van der Waals surface area contributed by atoms with E-state index in [0.29, 0.717) is 17.3 Å². The summed E-state index contributed by atoms with van der Waals surface area (Å²) in [5.41, 5.74) is 3.22. The molecular weight excluding hydrogens is 518 g/mol. The molecule has 180 valence electrons. The van der Waals surface area contributed by atoms with Crippen molar-refractivity contribution in [2.24, 2.45) is 0 Å². The van der Waals surface area contributed by atoms with Gasteiger partial charge in [0.2, 0.25) is 5.91 Å². The third-order valence-corrected chi connectivity index (χ3v) is 7.11. The molecule has 1 fully saturated rings. The van der Waals surface area contributed by atoms with Crippen molar-refractivity contribution in [3.8, 4) is 11.4 Å². The maximum absolute atomic E-state index is 12.5. The number of nitrogens with one attached hydrogen (secondary N) is 3. The highest BCUT2D eigenvalue weighted by Gasteiger charge is 2.20. The predicted molar refractivity (Wildman–Crippen MR) is 145 cm³/mol. The topological polar surface area (TPSA) is 96.2 Å². The van der Waals surface area contributed by atoms with Crippen LogP contribution < -0.4 is 16.0 Å². The molecule has 1 aliphatic heterocycles. The molecular formula is C27H24BrN7O. The molecule has 1 aliphatic rings. The van der Waals surface area contributed by atoms with Crippen molar-refractivity contribution in [3.05, 3.63) is 77.3 Å². The van der Waals surface area contributed by atoms with E-state index < -0.39 is 0 Å². The van der Waals surface area contributed by atoms with Crippen molar-refractivity contribution in [1.82, 2.24) is 25.1 Å². The van der Waals surface area contributed by atoms with Gasteiger partial charge in [-0.1, -0.05) is 58.7 Å². The molecule has 0 bridgehead atoms. The van der Waals surface area contributed by atoms with E-state index >= 15 is 0 Å². The molecule has 1 amide bonds. The Hall–Kier alpha value is -3.82. The van der Waals surface area contributed by atoms with Gasteiger partial charge in [0.1, 0.15) is 0 Å². The number of fused-ring (bicyclic) bond motifs is 3. The van der Waals surface area contributed by atoms with Gasteiger partial charge >= 0.3 is 0 Å². The first-order valence-electron chi connectivity index (χ1n) is 12.0. The predicted octanol–water partition coefficient (Wildman–Crippen LogP) is 5.53. The van der Waals surface area contributed by atoms with Gasteiger partial charge in [-0.15, -0.1) is 15.3 Å². The molecule has 3 N–H and O–H groups in total. The van der Waals surface area contributed by atoms with Crippen LogP contribution in [-0.4, -0.2) is 38.3 Å². The molecule has 1 atom stereocenters. The Balaban J connectivity index is 1.32. The lowest BCUT2D eigenvalue weighted by Crippen LogP contribution is -2.43. The summed E-state index contributed by atoms with van der Waals surface area (Å²) < 4.78 is 2.70. The van der Waals surface area contributed by atoms with Gasteiger partial charge in [0.05, 0.1) is 6.04 Å². The molecule has 5 aromatic rings. The van der Waals surface area contributed by atoms with Crippen molar-refractivity contribution < 1.29 is 4.79 Å². The number of nitrogens with zero attached hydrogens (tertiary/aromatic N) is 4. The molecule has 0 spiro atoms. The number of carbonyl (C=O) groups excluding carboxylic acids is 1. The standard InChI is InChI=1S/C27H24BrN7O/c28-22-10-4-3-9-21(22)26-33-32-25-20-8-2-1-7-19(20)24(34-35(25)26)30-17-12-14-18(15-13-17)31-27(36)23-11-5-6-16-29-23/h1-4,7-10,12-15,23,29H,5-6,11,16H2,(H,30,34)(H,31,36). The Labute approximate surface area is 216 Å². The zero-order chi connectivity index (χ0) is 24.5. The SMILES string of the molecule is O=C(Nc1ccc(Nc2nn3c(-c4ccccc4Br)nnc3c3ccccc23)cc1)C1CCCCN1. The molecule has 36 heavy (non-hydrogen) atoms. The van der Waals surface area contributed by atoms with E-state index in [0.717, 1.165) is 58.0 Å². The second-order valence-electron chi connectivity index (χ2n) is 8.83. The van der Waals surface area contributed by atoms with Crippen molar-refractivity contribution in [3.63, 3.8) is 0 Å². The third-order valence-electron chi connectivity index (χ3n) is 6.42. The first kappa shape index (κ1) is 22.6. The molecule has 1 unspecified atom stereocenters. The highest BCUT2D eigenvalue weighted by Crippen LogP contribution is 2.31. The van der Waals surface area contributed by atoms with Crippen LogP contribution in [0.1, 0.15) is 19.3 Å². The summed E-state index contributed by atoms with van der Waals surface area (Å²) >= 11 is 3.62. The van der Waals surface area contributed by atoms with Gasteiger partial charge in [0.15, 0.2) is 17.3 Å². The van der Waals surface area contributed by atoms with E-state index in [2.05, 4.69) is 42.1 Å². The summed E-state index contributed by atoms with van der Waals surface area (Å²) in [6.07, 6.45) is 3.07. The van der Waals surface area contributed by atoms with Crippen molar-refractivity contribution >= 4 is 55.4 Å². The van der Waals surface area contributed by atoms with Crippen molar-refractivity contribution in [2.75, 3.05) is 17.2 Å². The van der Waals surface area contributed by atoms with Crippen LogP contribution in [0.25, 0.3) is 27.8 Å². The Morgan fingerprint density at radius 1 is 0.917 bits per heavy atom. The summed E-state index contributed by atoms with van der Waals surface area (Å²) in [6.45, 7) is 0.890. The van der Waals surface area contributed by atoms with Gasteiger partial charge in [0.25, 0.3) is 0 Å². The van der Waals surface area contributed by atoms with Crippen LogP contribution in [0.3, 0.4) is 0 Å². The average Bonchev–Trinajstić information content (AvgIpc) is 3.34. The first-order chi connectivity index (χ1) is 17.7. The van der Waals surface area contributed by atoms with Gasteiger partial charge < -0.3 is 16.0 Å². The zero-order valence-electron chi connectivity index (χ0n) is 19.4. The van der Waals surface area contributed by atoms with E-state index in [1.54, 1.807) is 4.52 Å². The number of hydrogen-bond donors (Lipinski definition) is 3. The molecule has 6 rings (SSSR count). The minimum atomic E-state index is -0.124. The fourth-order valence-electron chi connectivity index (χ4n) is 4.56. The lowest BCUT2D eigenvalue weighted by molar-refractivity contribution is -0.118. The molecule has 0 saturated carbocycles. The molecule has 3 heterocycles. The maximum atomic E-state index is 12.5. The molecule has 2 aromatic heterocycles. The fraction of sp³-hybridized carbons (Fsp3) is 0.185. The second kappa shape index (κ2) is 9.67. The van der Waals surface area contributed by atoms with Crippen molar-refractivity contribution in [2.45, 2.75) is 25.3 Å². The molecule has 8 nitrogen and oxygen atoms in total. The van der Waals surface area contributed by atoms with Crippen LogP contribution in [0, 0.1) is 0 Å². The lowest BCUT2D eigenvalue weighted by atomic mass is 10.0. The largest absolute Gasteiger partial charge is 0.338 e. The number of anilines is 3. The molecule has 1 saturated heterocycles. The summed E-state index contributed by atoms with van der Waals surface area (Å²) in [5.74, 6) is 1.36. The van der Waals surface area contributed by atoms with E-state index in [9.17, 15) is 4.79 Å². The van der Waals surface area contributed by atoms with E-state index in [1.165, 1.54) is 0 Å². The van der Waals surface area contributed by atoms with Gasteiger partial charge in [-0.3, -0.25) is 4.79 Å². The fourth-order valence-corrected chi connectivity index (χ4v) is 5.02. The number of halogens is 1. The number of carbonyl (C=O) groups is 1. The summed E-state index contributed by atoms with van der Waals surface area (Å²) in [6, 6.07) is 23.4. The van der Waals surface area contributed by atoms with Crippen LogP contribution in [0.2, 0.25) is 0 Å². The van der Waals surface area contributed by atoms with Crippen LogP contribution in [0.4, 0.5) is 17.2 Å².